The minimum absolute atomic E-state index is 0.0856. The fourth-order valence-corrected chi connectivity index (χ4v) is 1.25. The molecule has 0 rings (SSSR count). The zero-order valence-electron chi connectivity index (χ0n) is 11.3. The van der Waals surface area contributed by atoms with Crippen molar-refractivity contribution in [3.63, 3.8) is 0 Å². The predicted molar refractivity (Wildman–Crippen MR) is 68.2 cm³/mol. The average Bonchev–Trinajstić information content (AvgIpc) is 2.21. The van der Waals surface area contributed by atoms with Gasteiger partial charge < -0.3 is 11.1 Å². The Hall–Kier alpha value is -0.610. The molecule has 16 heavy (non-hydrogen) atoms. The summed E-state index contributed by atoms with van der Waals surface area (Å²) in [5.74, 6) is 0.589. The standard InChI is InChI=1S/C12H27N3O/c1-9(2)8-14-12(16)11(4)15(5)7-6-10(3)13/h9-11H,6-8,13H2,1-5H3,(H,14,16). The Balaban J connectivity index is 3.91. The van der Waals surface area contributed by atoms with E-state index in [1.54, 1.807) is 0 Å². The zero-order valence-corrected chi connectivity index (χ0v) is 11.3. The number of hydrogen-bond donors (Lipinski definition) is 2. The molecule has 0 fully saturated rings. The van der Waals surface area contributed by atoms with E-state index in [-0.39, 0.29) is 18.0 Å². The molecule has 0 bridgehead atoms. The van der Waals surface area contributed by atoms with Crippen molar-refractivity contribution >= 4 is 5.91 Å². The highest BCUT2D eigenvalue weighted by Gasteiger charge is 2.17. The van der Waals surface area contributed by atoms with Crippen LogP contribution in [-0.4, -0.2) is 43.0 Å². The van der Waals surface area contributed by atoms with E-state index in [9.17, 15) is 4.79 Å². The van der Waals surface area contributed by atoms with Gasteiger partial charge in [-0.2, -0.15) is 0 Å². The summed E-state index contributed by atoms with van der Waals surface area (Å²) in [5, 5.41) is 2.94. The maximum atomic E-state index is 11.7. The lowest BCUT2D eigenvalue weighted by Gasteiger charge is -2.24. The number of likely N-dealkylation sites (N-methyl/N-ethyl adjacent to an activating group) is 1. The van der Waals surface area contributed by atoms with Gasteiger partial charge in [0.25, 0.3) is 0 Å². The molecule has 4 heteroatoms. The van der Waals surface area contributed by atoms with Crippen molar-refractivity contribution < 1.29 is 4.79 Å². The van der Waals surface area contributed by atoms with Crippen molar-refractivity contribution in [2.75, 3.05) is 20.1 Å². The van der Waals surface area contributed by atoms with Gasteiger partial charge in [-0.1, -0.05) is 13.8 Å². The Morgan fingerprint density at radius 1 is 1.31 bits per heavy atom. The van der Waals surface area contributed by atoms with E-state index < -0.39 is 0 Å². The van der Waals surface area contributed by atoms with Crippen LogP contribution >= 0.6 is 0 Å². The molecule has 0 saturated carbocycles. The first-order chi connectivity index (χ1) is 7.34. The van der Waals surface area contributed by atoms with Gasteiger partial charge in [0.05, 0.1) is 6.04 Å². The number of carbonyl (C=O) groups is 1. The lowest BCUT2D eigenvalue weighted by molar-refractivity contribution is -0.125. The second-order valence-corrected chi connectivity index (χ2v) is 5.06. The number of carbonyl (C=O) groups excluding carboxylic acids is 1. The van der Waals surface area contributed by atoms with E-state index in [0.29, 0.717) is 5.92 Å². The second-order valence-electron chi connectivity index (χ2n) is 5.06. The third kappa shape index (κ3) is 6.80. The van der Waals surface area contributed by atoms with Crippen LogP contribution in [0.2, 0.25) is 0 Å². The highest BCUT2D eigenvalue weighted by atomic mass is 16.2. The van der Waals surface area contributed by atoms with Crippen molar-refractivity contribution in [3.05, 3.63) is 0 Å². The van der Waals surface area contributed by atoms with Crippen molar-refractivity contribution in [2.24, 2.45) is 11.7 Å². The molecule has 0 aromatic rings. The van der Waals surface area contributed by atoms with Gasteiger partial charge in [-0.25, -0.2) is 0 Å². The molecule has 0 aliphatic carbocycles. The summed E-state index contributed by atoms with van der Waals surface area (Å²) in [5.41, 5.74) is 5.69. The molecule has 2 unspecified atom stereocenters. The summed E-state index contributed by atoms with van der Waals surface area (Å²) in [6.45, 7) is 9.68. The first-order valence-corrected chi connectivity index (χ1v) is 6.08. The first kappa shape index (κ1) is 15.4. The Morgan fingerprint density at radius 3 is 2.31 bits per heavy atom. The highest BCUT2D eigenvalue weighted by molar-refractivity contribution is 5.81. The lowest BCUT2D eigenvalue weighted by Crippen LogP contribution is -2.45. The summed E-state index contributed by atoms with van der Waals surface area (Å²) in [7, 11) is 1.96. The molecule has 4 nitrogen and oxygen atoms in total. The minimum atomic E-state index is -0.0856. The summed E-state index contributed by atoms with van der Waals surface area (Å²) in [6.07, 6.45) is 0.915. The van der Waals surface area contributed by atoms with Gasteiger partial charge in [-0.05, 0) is 33.2 Å². The number of nitrogens with two attached hydrogens (primary N) is 1. The maximum Gasteiger partial charge on any atom is 0.237 e. The van der Waals surface area contributed by atoms with E-state index in [1.165, 1.54) is 0 Å². The van der Waals surface area contributed by atoms with Crippen LogP contribution in [0.3, 0.4) is 0 Å². The van der Waals surface area contributed by atoms with Gasteiger partial charge in [0.15, 0.2) is 0 Å². The number of nitrogens with zero attached hydrogens (tertiary/aromatic N) is 1. The molecule has 2 atom stereocenters. The summed E-state index contributed by atoms with van der Waals surface area (Å²) in [4.78, 5) is 13.8. The fourth-order valence-electron chi connectivity index (χ4n) is 1.25. The van der Waals surface area contributed by atoms with Crippen molar-refractivity contribution in [3.8, 4) is 0 Å². The molecule has 0 aliphatic heterocycles. The van der Waals surface area contributed by atoms with Gasteiger partial charge in [-0.3, -0.25) is 9.69 Å². The highest BCUT2D eigenvalue weighted by Crippen LogP contribution is 1.99. The molecule has 0 aliphatic rings. The smallest absolute Gasteiger partial charge is 0.237 e. The Labute approximate surface area is 99.6 Å². The van der Waals surface area contributed by atoms with Gasteiger partial charge in [0.1, 0.15) is 0 Å². The van der Waals surface area contributed by atoms with E-state index in [1.807, 2.05) is 25.8 Å². The van der Waals surface area contributed by atoms with Gasteiger partial charge in [0.2, 0.25) is 5.91 Å². The average molecular weight is 229 g/mol. The normalized spacial score (nSPS) is 15.2. The Kier molecular flexibility index (Phi) is 7.34. The Morgan fingerprint density at radius 2 is 1.88 bits per heavy atom. The minimum Gasteiger partial charge on any atom is -0.354 e. The molecule has 0 aromatic carbocycles. The topological polar surface area (TPSA) is 58.4 Å². The quantitative estimate of drug-likeness (QED) is 0.679. The van der Waals surface area contributed by atoms with Crippen LogP contribution in [-0.2, 0) is 4.79 Å². The van der Waals surface area contributed by atoms with Crippen LogP contribution < -0.4 is 11.1 Å². The van der Waals surface area contributed by atoms with Crippen LogP contribution in [0.25, 0.3) is 0 Å². The van der Waals surface area contributed by atoms with Crippen LogP contribution in [0.5, 0.6) is 0 Å². The third-order valence-corrected chi connectivity index (χ3v) is 2.66. The third-order valence-electron chi connectivity index (χ3n) is 2.66. The van der Waals surface area contributed by atoms with Crippen molar-refractivity contribution in [1.82, 2.24) is 10.2 Å². The number of rotatable bonds is 7. The number of nitrogens with one attached hydrogen (secondary N) is 1. The molecule has 0 heterocycles. The van der Waals surface area contributed by atoms with Crippen LogP contribution in [0, 0.1) is 5.92 Å². The van der Waals surface area contributed by atoms with Crippen LogP contribution in [0.4, 0.5) is 0 Å². The molecule has 0 saturated heterocycles. The van der Waals surface area contributed by atoms with Gasteiger partial charge >= 0.3 is 0 Å². The molecule has 0 aromatic heterocycles. The van der Waals surface area contributed by atoms with E-state index in [2.05, 4.69) is 19.2 Å². The van der Waals surface area contributed by atoms with Crippen LogP contribution in [0.1, 0.15) is 34.1 Å². The largest absolute Gasteiger partial charge is 0.354 e. The lowest BCUT2D eigenvalue weighted by atomic mass is 10.2. The molecule has 3 N–H and O–H groups in total. The monoisotopic (exact) mass is 229 g/mol. The van der Waals surface area contributed by atoms with Crippen molar-refractivity contribution in [1.29, 1.82) is 0 Å². The van der Waals surface area contributed by atoms with Gasteiger partial charge in [0, 0.05) is 19.1 Å². The van der Waals surface area contributed by atoms with Gasteiger partial charge in [-0.15, -0.1) is 0 Å². The molecule has 1 amide bonds. The molecular formula is C12H27N3O. The first-order valence-electron chi connectivity index (χ1n) is 6.08. The van der Waals surface area contributed by atoms with Crippen LogP contribution in [0.15, 0.2) is 0 Å². The zero-order chi connectivity index (χ0) is 12.7. The molecule has 96 valence electrons. The maximum absolute atomic E-state index is 11.7. The second kappa shape index (κ2) is 7.63. The molecule has 0 radical (unpaired) electrons. The molecular weight excluding hydrogens is 202 g/mol. The summed E-state index contributed by atoms with van der Waals surface area (Å²) < 4.78 is 0. The molecule has 0 spiro atoms. The summed E-state index contributed by atoms with van der Waals surface area (Å²) in [6, 6.07) is 0.103. The summed E-state index contributed by atoms with van der Waals surface area (Å²) >= 11 is 0. The van der Waals surface area contributed by atoms with E-state index in [0.717, 1.165) is 19.5 Å². The fraction of sp³-hybridized carbons (Fsp3) is 0.917. The SMILES string of the molecule is CC(C)CNC(=O)C(C)N(C)CCC(C)N. The predicted octanol–water partition coefficient (Wildman–Crippen LogP) is 0.816. The van der Waals surface area contributed by atoms with Crippen molar-refractivity contribution in [2.45, 2.75) is 46.2 Å². The van der Waals surface area contributed by atoms with E-state index >= 15 is 0 Å². The number of hydrogen-bond acceptors (Lipinski definition) is 3. The Bertz CT molecular complexity index is 204. The van der Waals surface area contributed by atoms with E-state index in [4.69, 9.17) is 5.73 Å². The number of amides is 1.